The molecule has 2 aromatic carbocycles. The highest BCUT2D eigenvalue weighted by Crippen LogP contribution is 2.42. The van der Waals surface area contributed by atoms with Crippen molar-refractivity contribution in [2.45, 2.75) is 18.0 Å². The van der Waals surface area contributed by atoms with E-state index in [1.165, 1.54) is 55.6 Å². The number of halogens is 3. The molecule has 0 spiro atoms. The fourth-order valence-corrected chi connectivity index (χ4v) is 3.56. The Kier molecular flexibility index (Phi) is 5.81. The Hall–Kier alpha value is -3.34. The lowest BCUT2D eigenvalue weighted by Gasteiger charge is -2.12. The van der Waals surface area contributed by atoms with E-state index in [0.29, 0.717) is 5.75 Å². The lowest BCUT2D eigenvalue weighted by molar-refractivity contribution is -0.161. The van der Waals surface area contributed by atoms with E-state index in [2.05, 4.69) is 9.94 Å². The average Bonchev–Trinajstić information content (AvgIpc) is 3.06. The van der Waals surface area contributed by atoms with Crippen LogP contribution in [0.4, 0.5) is 13.2 Å². The van der Waals surface area contributed by atoms with Crippen molar-refractivity contribution in [2.75, 3.05) is 13.4 Å². The van der Waals surface area contributed by atoms with Crippen LogP contribution in [0.1, 0.15) is 12.6 Å². The maximum atomic E-state index is 14.0. The van der Waals surface area contributed by atoms with Crippen LogP contribution < -0.4 is 9.57 Å². The number of carbonyl (C=O) groups excluding carboxylic acids is 1. The Balaban J connectivity index is 2.31. The van der Waals surface area contributed by atoms with Crippen LogP contribution in [0.25, 0.3) is 22.4 Å². The fraction of sp³-hybridized carbons (Fsp3) is 0.200. The van der Waals surface area contributed by atoms with E-state index < -0.39 is 27.7 Å². The van der Waals surface area contributed by atoms with Crippen molar-refractivity contribution >= 4 is 15.8 Å². The van der Waals surface area contributed by atoms with Crippen molar-refractivity contribution in [1.29, 1.82) is 0 Å². The topological polar surface area (TPSA) is 87.5 Å². The van der Waals surface area contributed by atoms with Gasteiger partial charge in [0.05, 0.1) is 12.0 Å². The van der Waals surface area contributed by atoms with Gasteiger partial charge in [-0.3, -0.25) is 0 Å². The Morgan fingerprint density at radius 1 is 1.00 bits per heavy atom. The van der Waals surface area contributed by atoms with Gasteiger partial charge >= 0.3 is 12.1 Å². The summed E-state index contributed by atoms with van der Waals surface area (Å²) in [6, 6.07) is 11.0. The zero-order valence-electron chi connectivity index (χ0n) is 16.6. The van der Waals surface area contributed by atoms with Gasteiger partial charge in [-0.1, -0.05) is 29.1 Å². The van der Waals surface area contributed by atoms with Crippen molar-refractivity contribution in [2.24, 2.45) is 0 Å². The maximum Gasteiger partial charge on any atom is 0.437 e. The molecule has 1 aromatic heterocycles. The molecule has 11 heteroatoms. The summed E-state index contributed by atoms with van der Waals surface area (Å²) in [5.41, 5.74) is -1.40. The van der Waals surface area contributed by atoms with Crippen molar-refractivity contribution < 1.29 is 36.0 Å². The lowest BCUT2D eigenvalue weighted by atomic mass is 9.98. The molecule has 31 heavy (non-hydrogen) atoms. The highest BCUT2D eigenvalue weighted by atomic mass is 32.2. The van der Waals surface area contributed by atoms with E-state index in [-0.39, 0.29) is 32.1 Å². The highest BCUT2D eigenvalue weighted by molar-refractivity contribution is 7.90. The van der Waals surface area contributed by atoms with Gasteiger partial charge in [0.15, 0.2) is 15.5 Å². The highest BCUT2D eigenvalue weighted by Gasteiger charge is 2.42. The van der Waals surface area contributed by atoms with Gasteiger partial charge in [0.2, 0.25) is 0 Å². The summed E-state index contributed by atoms with van der Waals surface area (Å²) < 4.78 is 70.4. The number of rotatable bonds is 5. The summed E-state index contributed by atoms with van der Waals surface area (Å²) in [4.78, 5) is 16.2. The van der Waals surface area contributed by atoms with Crippen LogP contribution in [0, 0.1) is 0 Å². The summed E-state index contributed by atoms with van der Waals surface area (Å²) in [5.74, 6) is -0.558. The largest absolute Gasteiger partial charge is 0.497 e. The monoisotopic (exact) mass is 454 g/mol. The number of methoxy groups -OCH3 is 1. The minimum absolute atomic E-state index is 0.00212. The van der Waals surface area contributed by atoms with Crippen molar-refractivity contribution in [3.8, 4) is 28.1 Å². The van der Waals surface area contributed by atoms with E-state index in [9.17, 15) is 26.4 Å². The van der Waals surface area contributed by atoms with Crippen LogP contribution in [-0.4, -0.2) is 37.7 Å². The summed E-state index contributed by atoms with van der Waals surface area (Å²) in [5, 5.41) is 3.87. The summed E-state index contributed by atoms with van der Waals surface area (Å²) in [6.45, 7) is 0.954. The van der Waals surface area contributed by atoms with Crippen molar-refractivity contribution in [1.82, 2.24) is 9.94 Å². The first kappa shape index (κ1) is 22.3. The van der Waals surface area contributed by atoms with E-state index >= 15 is 0 Å². The Bertz CT molecular complexity index is 1220. The van der Waals surface area contributed by atoms with Crippen LogP contribution in [-0.2, 0) is 20.8 Å². The number of sulfone groups is 1. The lowest BCUT2D eigenvalue weighted by Crippen LogP contribution is -2.24. The molecule has 0 fully saturated rings. The van der Waals surface area contributed by atoms with Crippen molar-refractivity contribution in [3.63, 3.8) is 0 Å². The van der Waals surface area contributed by atoms with E-state index in [4.69, 9.17) is 4.74 Å². The third-order valence-electron chi connectivity index (χ3n) is 4.27. The van der Waals surface area contributed by atoms with Gasteiger partial charge in [-0.2, -0.15) is 13.2 Å². The van der Waals surface area contributed by atoms with Gasteiger partial charge in [0, 0.05) is 24.3 Å². The molecular weight excluding hydrogens is 437 g/mol. The van der Waals surface area contributed by atoms with Crippen molar-refractivity contribution in [3.05, 3.63) is 54.2 Å². The second kappa shape index (κ2) is 8.06. The van der Waals surface area contributed by atoms with Crippen LogP contribution in [0.3, 0.4) is 0 Å². The van der Waals surface area contributed by atoms with Crippen LogP contribution in [0.5, 0.6) is 5.75 Å². The molecule has 0 saturated carbocycles. The number of alkyl halides is 3. The molecule has 0 aliphatic heterocycles. The number of nitrogens with zero attached hydrogens (tertiary/aromatic N) is 2. The molecule has 0 aliphatic carbocycles. The molecule has 0 amide bonds. The van der Waals surface area contributed by atoms with Gasteiger partial charge in [-0.05, 0) is 29.8 Å². The second-order valence-electron chi connectivity index (χ2n) is 6.55. The molecular formula is C20H17F3N2O5S. The molecule has 7 nitrogen and oxygen atoms in total. The summed E-state index contributed by atoms with van der Waals surface area (Å²) in [7, 11) is -2.08. The molecule has 1 heterocycles. The van der Waals surface area contributed by atoms with Crippen LogP contribution >= 0.6 is 0 Å². The molecule has 164 valence electrons. The number of ether oxygens (including phenoxy) is 1. The third kappa shape index (κ3) is 4.71. The molecule has 0 bridgehead atoms. The standard InChI is InChI=1S/C20H17F3N2O5S/c1-12(26)30-25-19(20(21,22)23)17(13-4-8-15(29-2)9-5-13)18(24-25)14-6-10-16(11-7-14)31(3,27)28/h4-11H,1-3H3. The predicted octanol–water partition coefficient (Wildman–Crippen LogP) is 3.62. The van der Waals surface area contributed by atoms with Gasteiger partial charge in [-0.25, -0.2) is 13.2 Å². The molecule has 0 unspecified atom stereocenters. The smallest absolute Gasteiger partial charge is 0.437 e. The second-order valence-corrected chi connectivity index (χ2v) is 8.57. The molecule has 3 aromatic rings. The molecule has 0 atom stereocenters. The minimum Gasteiger partial charge on any atom is -0.497 e. The van der Waals surface area contributed by atoms with Gasteiger partial charge in [0.25, 0.3) is 0 Å². The zero-order chi connectivity index (χ0) is 23.0. The predicted molar refractivity (Wildman–Crippen MR) is 105 cm³/mol. The zero-order valence-corrected chi connectivity index (χ0v) is 17.4. The number of carbonyl (C=O) groups is 1. The van der Waals surface area contributed by atoms with Gasteiger partial charge in [-0.15, -0.1) is 5.10 Å². The SMILES string of the molecule is COc1ccc(-c2c(-c3ccc(S(C)(=O)=O)cc3)nn(OC(C)=O)c2C(F)(F)F)cc1. The number of aromatic nitrogens is 2. The number of hydrogen-bond acceptors (Lipinski definition) is 6. The Morgan fingerprint density at radius 2 is 1.55 bits per heavy atom. The third-order valence-corrected chi connectivity index (χ3v) is 5.40. The summed E-state index contributed by atoms with van der Waals surface area (Å²) >= 11 is 0. The normalized spacial score (nSPS) is 11.9. The van der Waals surface area contributed by atoms with E-state index in [1.54, 1.807) is 0 Å². The summed E-state index contributed by atoms with van der Waals surface area (Å²) in [6.07, 6.45) is -3.90. The van der Waals surface area contributed by atoms with Gasteiger partial charge < -0.3 is 9.57 Å². The first-order valence-corrected chi connectivity index (χ1v) is 10.6. The fourth-order valence-electron chi connectivity index (χ4n) is 2.93. The quantitative estimate of drug-likeness (QED) is 0.585. The molecule has 0 N–H and O–H groups in total. The molecule has 0 saturated heterocycles. The van der Waals surface area contributed by atoms with Crippen LogP contribution in [0.2, 0.25) is 0 Å². The first-order chi connectivity index (χ1) is 14.4. The number of benzene rings is 2. The van der Waals surface area contributed by atoms with E-state index in [1.807, 2.05) is 0 Å². The van der Waals surface area contributed by atoms with E-state index in [0.717, 1.165) is 13.2 Å². The maximum absolute atomic E-state index is 14.0. The number of hydrogen-bond donors (Lipinski definition) is 0. The first-order valence-electron chi connectivity index (χ1n) is 8.76. The van der Waals surface area contributed by atoms with Gasteiger partial charge in [0.1, 0.15) is 11.4 Å². The van der Waals surface area contributed by atoms with Crippen LogP contribution in [0.15, 0.2) is 53.4 Å². The minimum atomic E-state index is -4.91. The molecule has 0 radical (unpaired) electrons. The molecule has 0 aliphatic rings. The Labute approximate surface area is 175 Å². The average molecular weight is 454 g/mol. The molecule has 3 rings (SSSR count). The Morgan fingerprint density at radius 3 is 2.00 bits per heavy atom.